The summed E-state index contributed by atoms with van der Waals surface area (Å²) in [4.78, 5) is 19.0. The van der Waals surface area contributed by atoms with Gasteiger partial charge in [0.1, 0.15) is 11.3 Å². The van der Waals surface area contributed by atoms with Crippen LogP contribution in [0.1, 0.15) is 11.1 Å². The van der Waals surface area contributed by atoms with Gasteiger partial charge in [0.2, 0.25) is 0 Å². The van der Waals surface area contributed by atoms with E-state index < -0.39 is 5.56 Å². The number of hydrogen-bond donors (Lipinski definition) is 3. The van der Waals surface area contributed by atoms with Crippen LogP contribution in [0.5, 0.6) is 17.2 Å². The summed E-state index contributed by atoms with van der Waals surface area (Å²) in [5.74, 6) is 1.21. The molecule has 3 aromatic rings. The van der Waals surface area contributed by atoms with Crippen molar-refractivity contribution >= 4 is 34.4 Å². The number of pyridine rings is 1. The van der Waals surface area contributed by atoms with Crippen LogP contribution in [0.2, 0.25) is 0 Å². The first kappa shape index (κ1) is 20.3. The van der Waals surface area contributed by atoms with Crippen LogP contribution < -0.4 is 20.3 Å². The second kappa shape index (κ2) is 9.20. The van der Waals surface area contributed by atoms with Crippen LogP contribution in [0.3, 0.4) is 0 Å². The summed E-state index contributed by atoms with van der Waals surface area (Å²) in [6.07, 6.45) is 1.96. The summed E-state index contributed by atoms with van der Waals surface area (Å²) in [7, 11) is 3.18. The number of hydrogen-bond acceptors (Lipinski definition) is 5. The van der Waals surface area contributed by atoms with Crippen molar-refractivity contribution < 1.29 is 14.6 Å². The lowest BCUT2D eigenvalue weighted by Gasteiger charge is -2.10. The highest BCUT2D eigenvalue weighted by Gasteiger charge is 2.10. The third-order valence-corrected chi connectivity index (χ3v) is 4.63. The minimum Gasteiger partial charge on any atom is -0.506 e. The number of H-pyrrole nitrogens is 1. The third-order valence-electron chi connectivity index (χ3n) is 4.38. The van der Waals surface area contributed by atoms with E-state index in [1.54, 1.807) is 38.5 Å². The predicted molar refractivity (Wildman–Crippen MR) is 118 cm³/mol. The number of rotatable bonds is 6. The van der Waals surface area contributed by atoms with E-state index in [0.29, 0.717) is 35.4 Å². The van der Waals surface area contributed by atoms with Gasteiger partial charge in [-0.2, -0.15) is 0 Å². The minimum atomic E-state index is -0.432. The number of methoxy groups -OCH3 is 2. The van der Waals surface area contributed by atoms with Crippen LogP contribution in [0, 0.1) is 0 Å². The number of aromatic nitrogens is 1. The van der Waals surface area contributed by atoms with E-state index in [0.717, 1.165) is 5.56 Å². The minimum absolute atomic E-state index is 0.0627. The van der Waals surface area contributed by atoms with E-state index >= 15 is 0 Å². The van der Waals surface area contributed by atoms with Crippen molar-refractivity contribution in [1.29, 1.82) is 0 Å². The Morgan fingerprint density at radius 3 is 2.72 bits per heavy atom. The molecule has 2 aromatic carbocycles. The van der Waals surface area contributed by atoms with Gasteiger partial charge in [0.25, 0.3) is 5.56 Å². The monoisotopic (exact) mass is 411 g/mol. The number of nitrogens with zero attached hydrogens (tertiary/aromatic N) is 1. The molecule has 0 aliphatic carbocycles. The molecular weight excluding hydrogens is 390 g/mol. The number of ether oxygens (including phenoxy) is 2. The van der Waals surface area contributed by atoms with E-state index in [1.165, 1.54) is 6.21 Å². The Bertz CT molecular complexity index is 1120. The molecule has 0 saturated heterocycles. The molecule has 0 radical (unpaired) electrons. The number of para-hydroxylation sites is 1. The molecule has 0 saturated carbocycles. The third kappa shape index (κ3) is 4.72. The van der Waals surface area contributed by atoms with E-state index in [1.807, 2.05) is 18.2 Å². The Kier molecular flexibility index (Phi) is 6.46. The second-order valence-electron chi connectivity index (χ2n) is 6.19. The zero-order valence-electron chi connectivity index (χ0n) is 16.1. The molecule has 0 spiro atoms. The summed E-state index contributed by atoms with van der Waals surface area (Å²) in [6.45, 7) is 0.547. The Morgan fingerprint density at radius 2 is 1.97 bits per heavy atom. The van der Waals surface area contributed by atoms with Crippen LogP contribution in [-0.2, 0) is 6.42 Å². The summed E-state index contributed by atoms with van der Waals surface area (Å²) >= 11 is 5.19. The van der Waals surface area contributed by atoms with Crippen molar-refractivity contribution in [3.8, 4) is 17.2 Å². The Labute approximate surface area is 173 Å². The summed E-state index contributed by atoms with van der Waals surface area (Å²) in [5, 5.41) is 14.1. The molecule has 0 bridgehead atoms. The molecule has 0 fully saturated rings. The van der Waals surface area contributed by atoms with Crippen molar-refractivity contribution in [2.24, 2.45) is 4.99 Å². The maximum Gasteiger partial charge on any atom is 0.261 e. The molecule has 1 heterocycles. The van der Waals surface area contributed by atoms with Crippen LogP contribution in [0.15, 0.2) is 52.3 Å². The maximum absolute atomic E-state index is 12.2. The molecule has 29 heavy (non-hydrogen) atoms. The molecule has 0 amide bonds. The van der Waals surface area contributed by atoms with Crippen LogP contribution in [0.25, 0.3) is 10.9 Å². The van der Waals surface area contributed by atoms with Gasteiger partial charge in [-0.15, -0.1) is 0 Å². The molecule has 3 N–H and O–H groups in total. The van der Waals surface area contributed by atoms with Gasteiger partial charge in [0, 0.05) is 18.1 Å². The van der Waals surface area contributed by atoms with Gasteiger partial charge in [-0.25, -0.2) is 4.99 Å². The lowest BCUT2D eigenvalue weighted by molar-refractivity contribution is 0.354. The number of aromatic amines is 1. The first-order valence-corrected chi connectivity index (χ1v) is 9.31. The van der Waals surface area contributed by atoms with E-state index in [-0.39, 0.29) is 16.4 Å². The molecule has 0 aliphatic heterocycles. The summed E-state index contributed by atoms with van der Waals surface area (Å²) < 4.78 is 10.5. The SMILES string of the molecule is COc1ccc(CCNC(=S)N=Cc2c(O)c3ccccc3[nH]c2=O)cc1OC. The van der Waals surface area contributed by atoms with Crippen molar-refractivity contribution in [2.45, 2.75) is 6.42 Å². The number of benzene rings is 2. The van der Waals surface area contributed by atoms with E-state index in [9.17, 15) is 9.90 Å². The quantitative estimate of drug-likeness (QED) is 0.426. The highest BCUT2D eigenvalue weighted by molar-refractivity contribution is 7.80. The fourth-order valence-corrected chi connectivity index (χ4v) is 3.03. The zero-order chi connectivity index (χ0) is 20.8. The van der Waals surface area contributed by atoms with Gasteiger partial charge in [0.15, 0.2) is 16.6 Å². The predicted octanol–water partition coefficient (Wildman–Crippen LogP) is 2.79. The highest BCUT2D eigenvalue weighted by Crippen LogP contribution is 2.27. The van der Waals surface area contributed by atoms with Gasteiger partial charge in [-0.3, -0.25) is 4.79 Å². The average molecular weight is 411 g/mol. The van der Waals surface area contributed by atoms with Gasteiger partial charge in [-0.1, -0.05) is 18.2 Å². The molecule has 0 atom stereocenters. The van der Waals surface area contributed by atoms with Gasteiger partial charge < -0.3 is 24.9 Å². The second-order valence-corrected chi connectivity index (χ2v) is 6.58. The molecule has 8 heteroatoms. The lowest BCUT2D eigenvalue weighted by atomic mass is 10.1. The van der Waals surface area contributed by atoms with Crippen LogP contribution in [-0.4, -0.2) is 42.2 Å². The molecule has 1 aromatic heterocycles. The Balaban J connectivity index is 1.64. The topological polar surface area (TPSA) is 95.9 Å². The number of aliphatic imine (C=N–C) groups is 1. The molecule has 7 nitrogen and oxygen atoms in total. The van der Waals surface area contributed by atoms with Crippen LogP contribution >= 0.6 is 12.2 Å². The first-order valence-electron chi connectivity index (χ1n) is 8.90. The lowest BCUT2D eigenvalue weighted by Crippen LogP contribution is -2.23. The average Bonchev–Trinajstić information content (AvgIpc) is 2.73. The molecule has 0 aliphatic rings. The van der Waals surface area contributed by atoms with Crippen molar-refractivity contribution in [1.82, 2.24) is 10.3 Å². The Hall–Kier alpha value is -3.39. The largest absolute Gasteiger partial charge is 0.506 e. The fourth-order valence-electron chi connectivity index (χ4n) is 2.88. The van der Waals surface area contributed by atoms with Gasteiger partial charge in [-0.05, 0) is 48.5 Å². The number of thiocarbonyl (C=S) groups is 1. The van der Waals surface area contributed by atoms with Crippen molar-refractivity contribution in [3.05, 3.63) is 63.9 Å². The van der Waals surface area contributed by atoms with E-state index in [4.69, 9.17) is 21.7 Å². The Morgan fingerprint density at radius 1 is 1.21 bits per heavy atom. The number of nitrogens with one attached hydrogen (secondary N) is 2. The maximum atomic E-state index is 12.2. The summed E-state index contributed by atoms with van der Waals surface area (Å²) in [5.41, 5.74) is 1.24. The van der Waals surface area contributed by atoms with E-state index in [2.05, 4.69) is 15.3 Å². The van der Waals surface area contributed by atoms with Crippen molar-refractivity contribution in [2.75, 3.05) is 20.8 Å². The van der Waals surface area contributed by atoms with Crippen LogP contribution in [0.4, 0.5) is 0 Å². The first-order chi connectivity index (χ1) is 14.0. The highest BCUT2D eigenvalue weighted by atomic mass is 32.1. The zero-order valence-corrected chi connectivity index (χ0v) is 16.9. The fraction of sp³-hybridized carbons (Fsp3) is 0.190. The normalized spacial score (nSPS) is 11.0. The molecule has 3 rings (SSSR count). The molecule has 150 valence electrons. The number of aromatic hydroxyl groups is 1. The molecule has 0 unspecified atom stereocenters. The smallest absolute Gasteiger partial charge is 0.261 e. The molecular formula is C21H21N3O4S. The number of fused-ring (bicyclic) bond motifs is 1. The summed E-state index contributed by atoms with van der Waals surface area (Å²) in [6, 6.07) is 12.7. The van der Waals surface area contributed by atoms with Crippen molar-refractivity contribution in [3.63, 3.8) is 0 Å². The van der Waals surface area contributed by atoms with Gasteiger partial charge in [0.05, 0.1) is 19.7 Å². The van der Waals surface area contributed by atoms with Gasteiger partial charge >= 0.3 is 0 Å². The standard InChI is InChI=1S/C21H21N3O4S/c1-27-17-8-7-13(11-18(17)28-2)9-10-22-21(29)23-12-15-19(25)14-5-3-4-6-16(14)24-20(15)26/h3-8,11-12H,9-10H2,1-2H3,(H,22,29)(H2,24,25,26).